The Bertz CT molecular complexity index is 724. The summed E-state index contributed by atoms with van der Waals surface area (Å²) in [4.78, 5) is 18.9. The Morgan fingerprint density at radius 3 is 2.71 bits per heavy atom. The quantitative estimate of drug-likeness (QED) is 0.938. The SMILES string of the molecule is Cc1ccc(C(=O)NCc2ccnc(N3CCOCC3)c2)cc1C. The summed E-state index contributed by atoms with van der Waals surface area (Å²) in [5.41, 5.74) is 4.06. The van der Waals surface area contributed by atoms with Crippen LogP contribution in [0.15, 0.2) is 36.5 Å². The average Bonchev–Trinajstić information content (AvgIpc) is 2.63. The van der Waals surface area contributed by atoms with Crippen LogP contribution in [0.1, 0.15) is 27.0 Å². The molecule has 0 aliphatic carbocycles. The zero-order chi connectivity index (χ0) is 16.9. The van der Waals surface area contributed by atoms with Gasteiger partial charge >= 0.3 is 0 Å². The third-order valence-corrected chi connectivity index (χ3v) is 4.37. The Kier molecular flexibility index (Phi) is 5.11. The average molecular weight is 325 g/mol. The minimum atomic E-state index is -0.0529. The minimum absolute atomic E-state index is 0.0529. The predicted octanol–water partition coefficient (Wildman–Crippen LogP) is 2.47. The summed E-state index contributed by atoms with van der Waals surface area (Å²) in [6, 6.07) is 9.74. The Balaban J connectivity index is 1.63. The first kappa shape index (κ1) is 16.5. The lowest BCUT2D eigenvalue weighted by Crippen LogP contribution is -2.36. The van der Waals surface area contributed by atoms with E-state index in [-0.39, 0.29) is 5.91 Å². The molecule has 1 amide bonds. The molecule has 5 heteroatoms. The van der Waals surface area contributed by atoms with Gasteiger partial charge in [-0.1, -0.05) is 6.07 Å². The minimum Gasteiger partial charge on any atom is -0.378 e. The number of aryl methyl sites for hydroxylation is 2. The molecule has 3 rings (SSSR count). The molecule has 0 saturated carbocycles. The first-order chi connectivity index (χ1) is 11.6. The van der Waals surface area contributed by atoms with Crippen LogP contribution in [0.4, 0.5) is 5.82 Å². The molecule has 1 N–H and O–H groups in total. The fraction of sp³-hybridized carbons (Fsp3) is 0.368. The van der Waals surface area contributed by atoms with E-state index in [0.29, 0.717) is 12.1 Å². The number of anilines is 1. The van der Waals surface area contributed by atoms with Crippen molar-refractivity contribution in [3.05, 3.63) is 58.8 Å². The summed E-state index contributed by atoms with van der Waals surface area (Å²) in [7, 11) is 0. The predicted molar refractivity (Wildman–Crippen MR) is 94.4 cm³/mol. The molecule has 2 aromatic rings. The molecule has 5 nitrogen and oxygen atoms in total. The molecular weight excluding hydrogens is 302 g/mol. The van der Waals surface area contributed by atoms with Gasteiger partial charge in [-0.25, -0.2) is 4.98 Å². The largest absolute Gasteiger partial charge is 0.378 e. The van der Waals surface area contributed by atoms with E-state index in [4.69, 9.17) is 4.74 Å². The summed E-state index contributed by atoms with van der Waals surface area (Å²) < 4.78 is 5.37. The third-order valence-electron chi connectivity index (χ3n) is 4.37. The molecule has 1 saturated heterocycles. The molecule has 0 atom stereocenters. The number of hydrogen-bond acceptors (Lipinski definition) is 4. The van der Waals surface area contributed by atoms with E-state index in [2.05, 4.69) is 15.2 Å². The van der Waals surface area contributed by atoms with Gasteiger partial charge in [-0.3, -0.25) is 4.79 Å². The number of morpholine rings is 1. The molecule has 0 spiro atoms. The topological polar surface area (TPSA) is 54.5 Å². The van der Waals surface area contributed by atoms with E-state index < -0.39 is 0 Å². The fourth-order valence-electron chi connectivity index (χ4n) is 2.70. The lowest BCUT2D eigenvalue weighted by Gasteiger charge is -2.28. The van der Waals surface area contributed by atoms with Crippen molar-refractivity contribution in [2.75, 3.05) is 31.2 Å². The van der Waals surface area contributed by atoms with Crippen LogP contribution in [0.25, 0.3) is 0 Å². The lowest BCUT2D eigenvalue weighted by atomic mass is 10.1. The summed E-state index contributed by atoms with van der Waals surface area (Å²) in [5.74, 6) is 0.888. The first-order valence-corrected chi connectivity index (χ1v) is 8.26. The van der Waals surface area contributed by atoms with Crippen molar-refractivity contribution >= 4 is 11.7 Å². The monoisotopic (exact) mass is 325 g/mol. The highest BCUT2D eigenvalue weighted by molar-refractivity contribution is 5.94. The number of ether oxygens (including phenoxy) is 1. The van der Waals surface area contributed by atoms with Gasteiger partial charge in [0.2, 0.25) is 0 Å². The summed E-state index contributed by atoms with van der Waals surface area (Å²) in [6.07, 6.45) is 1.79. The van der Waals surface area contributed by atoms with Crippen LogP contribution in [0, 0.1) is 13.8 Å². The molecule has 0 radical (unpaired) electrons. The second kappa shape index (κ2) is 7.45. The van der Waals surface area contributed by atoms with Crippen molar-refractivity contribution < 1.29 is 9.53 Å². The first-order valence-electron chi connectivity index (χ1n) is 8.26. The van der Waals surface area contributed by atoms with Gasteiger partial charge in [0.05, 0.1) is 13.2 Å². The number of carbonyl (C=O) groups excluding carboxylic acids is 1. The number of nitrogens with zero attached hydrogens (tertiary/aromatic N) is 2. The molecular formula is C19H23N3O2. The van der Waals surface area contributed by atoms with Crippen LogP contribution in [0.5, 0.6) is 0 Å². The highest BCUT2D eigenvalue weighted by atomic mass is 16.5. The van der Waals surface area contributed by atoms with Gasteiger partial charge in [0.25, 0.3) is 5.91 Å². The van der Waals surface area contributed by atoms with E-state index in [1.807, 2.05) is 44.2 Å². The van der Waals surface area contributed by atoms with Gasteiger partial charge in [0.1, 0.15) is 5.82 Å². The van der Waals surface area contributed by atoms with Gasteiger partial charge in [0.15, 0.2) is 0 Å². The number of carbonyl (C=O) groups is 1. The van der Waals surface area contributed by atoms with Gasteiger partial charge < -0.3 is 15.0 Å². The third kappa shape index (κ3) is 3.92. The molecule has 1 fully saturated rings. The lowest BCUT2D eigenvalue weighted by molar-refractivity contribution is 0.0951. The van der Waals surface area contributed by atoms with Gasteiger partial charge in [-0.05, 0) is 54.8 Å². The van der Waals surface area contributed by atoms with Crippen LogP contribution < -0.4 is 10.2 Å². The zero-order valence-electron chi connectivity index (χ0n) is 14.2. The maximum Gasteiger partial charge on any atom is 0.251 e. The molecule has 0 unspecified atom stereocenters. The van der Waals surface area contributed by atoms with Crippen molar-refractivity contribution in [1.29, 1.82) is 0 Å². The number of nitrogens with one attached hydrogen (secondary N) is 1. The molecule has 1 aliphatic rings. The van der Waals surface area contributed by atoms with E-state index in [1.165, 1.54) is 5.56 Å². The zero-order valence-corrected chi connectivity index (χ0v) is 14.2. The maximum absolute atomic E-state index is 12.3. The highest BCUT2D eigenvalue weighted by Gasteiger charge is 2.13. The van der Waals surface area contributed by atoms with Crippen LogP contribution in [-0.2, 0) is 11.3 Å². The highest BCUT2D eigenvalue weighted by Crippen LogP contribution is 2.15. The van der Waals surface area contributed by atoms with E-state index in [1.54, 1.807) is 6.20 Å². The molecule has 2 heterocycles. The molecule has 1 aromatic heterocycles. The second-order valence-corrected chi connectivity index (χ2v) is 6.10. The molecule has 1 aliphatic heterocycles. The number of pyridine rings is 1. The van der Waals surface area contributed by atoms with E-state index in [9.17, 15) is 4.79 Å². The summed E-state index contributed by atoms with van der Waals surface area (Å²) in [6.45, 7) is 7.72. The number of benzene rings is 1. The summed E-state index contributed by atoms with van der Waals surface area (Å²) in [5, 5.41) is 2.98. The Labute approximate surface area is 142 Å². The van der Waals surface area contributed by atoms with Gasteiger partial charge in [-0.2, -0.15) is 0 Å². The van der Waals surface area contributed by atoms with E-state index in [0.717, 1.165) is 43.2 Å². The van der Waals surface area contributed by atoms with Crippen molar-refractivity contribution in [1.82, 2.24) is 10.3 Å². The van der Waals surface area contributed by atoms with Crippen LogP contribution in [0.2, 0.25) is 0 Å². The fourth-order valence-corrected chi connectivity index (χ4v) is 2.70. The number of amides is 1. The number of rotatable bonds is 4. The van der Waals surface area contributed by atoms with Crippen LogP contribution >= 0.6 is 0 Å². The normalized spacial score (nSPS) is 14.5. The summed E-state index contributed by atoms with van der Waals surface area (Å²) >= 11 is 0. The molecule has 24 heavy (non-hydrogen) atoms. The number of aromatic nitrogens is 1. The molecule has 126 valence electrons. The van der Waals surface area contributed by atoms with Crippen molar-refractivity contribution in [2.24, 2.45) is 0 Å². The van der Waals surface area contributed by atoms with Crippen LogP contribution in [-0.4, -0.2) is 37.2 Å². The van der Waals surface area contributed by atoms with Crippen molar-refractivity contribution in [3.8, 4) is 0 Å². The standard InChI is InChI=1S/C19H23N3O2/c1-14-3-4-17(11-15(14)2)19(23)21-13-16-5-6-20-18(12-16)22-7-9-24-10-8-22/h3-6,11-12H,7-10,13H2,1-2H3,(H,21,23). The smallest absolute Gasteiger partial charge is 0.251 e. The number of hydrogen-bond donors (Lipinski definition) is 1. The second-order valence-electron chi connectivity index (χ2n) is 6.10. The van der Waals surface area contributed by atoms with Gasteiger partial charge in [0, 0.05) is 31.4 Å². The maximum atomic E-state index is 12.3. The Morgan fingerprint density at radius 1 is 1.17 bits per heavy atom. The van der Waals surface area contributed by atoms with Crippen molar-refractivity contribution in [2.45, 2.75) is 20.4 Å². The Morgan fingerprint density at radius 2 is 1.96 bits per heavy atom. The van der Waals surface area contributed by atoms with Crippen molar-refractivity contribution in [3.63, 3.8) is 0 Å². The molecule has 0 bridgehead atoms. The van der Waals surface area contributed by atoms with Gasteiger partial charge in [-0.15, -0.1) is 0 Å². The van der Waals surface area contributed by atoms with E-state index >= 15 is 0 Å². The van der Waals surface area contributed by atoms with Crippen LogP contribution in [0.3, 0.4) is 0 Å². The molecule has 1 aromatic carbocycles. The Hall–Kier alpha value is -2.40.